The number of carbonyl (C=O) groups is 2. The number of hydrogen-bond donors (Lipinski definition) is 0. The second-order valence-corrected chi connectivity index (χ2v) is 7.22. The van der Waals surface area contributed by atoms with Gasteiger partial charge >= 0.3 is 5.97 Å². The lowest BCUT2D eigenvalue weighted by Gasteiger charge is -2.19. The molecule has 0 aliphatic heterocycles. The molecule has 1 aromatic heterocycles. The van der Waals surface area contributed by atoms with Gasteiger partial charge in [0.15, 0.2) is 12.3 Å². The van der Waals surface area contributed by atoms with E-state index < -0.39 is 18.5 Å². The molecule has 8 heteroatoms. The van der Waals surface area contributed by atoms with Gasteiger partial charge in [-0.05, 0) is 31.2 Å². The van der Waals surface area contributed by atoms with E-state index in [-0.39, 0.29) is 18.8 Å². The molecule has 0 bridgehead atoms. The highest BCUT2D eigenvalue weighted by Gasteiger charge is 2.19. The van der Waals surface area contributed by atoms with Crippen molar-refractivity contribution in [3.8, 4) is 11.8 Å². The van der Waals surface area contributed by atoms with Crippen LogP contribution in [-0.4, -0.2) is 30.0 Å². The lowest BCUT2D eigenvalue weighted by atomic mass is 10.2. The van der Waals surface area contributed by atoms with Gasteiger partial charge in [-0.1, -0.05) is 35.9 Å². The molecule has 0 unspecified atom stereocenters. The number of thiazole rings is 1. The number of aromatic nitrogens is 1. The smallest absolute Gasteiger partial charge is 0.358 e. The van der Waals surface area contributed by atoms with Crippen molar-refractivity contribution in [3.05, 3.63) is 76.2 Å². The van der Waals surface area contributed by atoms with E-state index in [4.69, 9.17) is 14.7 Å². The van der Waals surface area contributed by atoms with Gasteiger partial charge in [-0.25, -0.2) is 9.78 Å². The summed E-state index contributed by atoms with van der Waals surface area (Å²) in [5.74, 6) is -0.482. The van der Waals surface area contributed by atoms with E-state index in [0.29, 0.717) is 16.4 Å². The third-order valence-corrected chi connectivity index (χ3v) is 4.89. The molecule has 0 saturated heterocycles. The van der Waals surface area contributed by atoms with E-state index >= 15 is 0 Å². The van der Waals surface area contributed by atoms with Crippen LogP contribution in [0.5, 0.6) is 5.75 Å². The van der Waals surface area contributed by atoms with Gasteiger partial charge in [0.1, 0.15) is 23.9 Å². The minimum atomic E-state index is -0.703. The van der Waals surface area contributed by atoms with E-state index in [1.54, 1.807) is 35.7 Å². The van der Waals surface area contributed by atoms with Crippen molar-refractivity contribution in [3.63, 3.8) is 0 Å². The number of ether oxygens (including phenoxy) is 2. The molecule has 3 rings (SSSR count). The molecule has 0 N–H and O–H groups in total. The van der Waals surface area contributed by atoms with Crippen LogP contribution in [0.15, 0.2) is 60.0 Å². The fourth-order valence-corrected chi connectivity index (χ4v) is 3.21. The Morgan fingerprint density at radius 1 is 1.13 bits per heavy atom. The molecule has 0 fully saturated rings. The van der Waals surface area contributed by atoms with Crippen molar-refractivity contribution in [2.45, 2.75) is 13.5 Å². The zero-order valence-electron chi connectivity index (χ0n) is 16.3. The molecule has 0 aliphatic rings. The molecule has 1 heterocycles. The Kier molecular flexibility index (Phi) is 7.14. The van der Waals surface area contributed by atoms with Crippen molar-refractivity contribution in [1.82, 2.24) is 4.98 Å². The Morgan fingerprint density at radius 3 is 2.57 bits per heavy atom. The molecule has 2 aromatic carbocycles. The first-order chi connectivity index (χ1) is 14.6. The normalized spacial score (nSPS) is 10.1. The summed E-state index contributed by atoms with van der Waals surface area (Å²) < 4.78 is 10.7. The van der Waals surface area contributed by atoms with Crippen molar-refractivity contribution in [2.24, 2.45) is 0 Å². The molecule has 7 nitrogen and oxygen atoms in total. The standard InChI is InChI=1S/C22H19N3O4S/c1-16-7-9-18(10-8-16)28-13-20-24-19(15-30-20)22(27)29-14-21(26)25(12-11-23)17-5-3-2-4-6-17/h2-10,15H,12-14H2,1H3. The van der Waals surface area contributed by atoms with Crippen LogP contribution in [-0.2, 0) is 16.1 Å². The van der Waals surface area contributed by atoms with E-state index in [1.807, 2.05) is 37.3 Å². The number of amides is 1. The maximum absolute atomic E-state index is 12.4. The van der Waals surface area contributed by atoms with Gasteiger partial charge in [-0.2, -0.15) is 5.26 Å². The van der Waals surface area contributed by atoms with Crippen LogP contribution in [0.3, 0.4) is 0 Å². The summed E-state index contributed by atoms with van der Waals surface area (Å²) >= 11 is 1.27. The minimum Gasteiger partial charge on any atom is -0.486 e. The summed E-state index contributed by atoms with van der Waals surface area (Å²) in [4.78, 5) is 30.1. The number of esters is 1. The highest BCUT2D eigenvalue weighted by atomic mass is 32.1. The quantitative estimate of drug-likeness (QED) is 0.406. The molecule has 30 heavy (non-hydrogen) atoms. The van der Waals surface area contributed by atoms with Crippen LogP contribution in [0.2, 0.25) is 0 Å². The third-order valence-electron chi connectivity index (χ3n) is 4.07. The average Bonchev–Trinajstić information content (AvgIpc) is 3.25. The van der Waals surface area contributed by atoms with Crippen molar-refractivity contribution in [1.29, 1.82) is 5.26 Å². The second-order valence-electron chi connectivity index (χ2n) is 6.28. The molecule has 0 spiro atoms. The number of anilines is 1. The van der Waals surface area contributed by atoms with Gasteiger partial charge in [-0.3, -0.25) is 9.69 Å². The summed E-state index contributed by atoms with van der Waals surface area (Å²) in [6.07, 6.45) is 0. The zero-order valence-corrected chi connectivity index (χ0v) is 17.1. The van der Waals surface area contributed by atoms with Crippen molar-refractivity contribution >= 4 is 28.9 Å². The molecular formula is C22H19N3O4S. The fraction of sp³-hybridized carbons (Fsp3) is 0.182. The number of nitriles is 1. The first-order valence-corrected chi connectivity index (χ1v) is 9.98. The molecule has 0 radical (unpaired) electrons. The van der Waals surface area contributed by atoms with Crippen LogP contribution in [0, 0.1) is 18.3 Å². The third kappa shape index (κ3) is 5.65. The van der Waals surface area contributed by atoms with Crippen LogP contribution in [0.25, 0.3) is 0 Å². The summed E-state index contributed by atoms with van der Waals surface area (Å²) in [5, 5.41) is 11.2. The topological polar surface area (TPSA) is 92.5 Å². The van der Waals surface area contributed by atoms with E-state index in [9.17, 15) is 9.59 Å². The Labute approximate surface area is 178 Å². The van der Waals surface area contributed by atoms with E-state index in [0.717, 1.165) is 5.56 Å². The second kappa shape index (κ2) is 10.2. The number of nitrogens with zero attached hydrogens (tertiary/aromatic N) is 3. The van der Waals surface area contributed by atoms with Gasteiger partial charge < -0.3 is 9.47 Å². The molecule has 3 aromatic rings. The largest absolute Gasteiger partial charge is 0.486 e. The summed E-state index contributed by atoms with van der Waals surface area (Å²) in [7, 11) is 0. The van der Waals surface area contributed by atoms with Gasteiger partial charge in [-0.15, -0.1) is 11.3 Å². The van der Waals surface area contributed by atoms with Gasteiger partial charge in [0.2, 0.25) is 0 Å². The van der Waals surface area contributed by atoms with Gasteiger partial charge in [0.05, 0.1) is 6.07 Å². The van der Waals surface area contributed by atoms with Crippen LogP contribution in [0.1, 0.15) is 21.1 Å². The van der Waals surface area contributed by atoms with E-state index in [2.05, 4.69) is 4.98 Å². The predicted molar refractivity (Wildman–Crippen MR) is 112 cm³/mol. The lowest BCUT2D eigenvalue weighted by molar-refractivity contribution is -0.121. The first kappa shape index (κ1) is 21.0. The zero-order chi connectivity index (χ0) is 21.3. The molecule has 0 atom stereocenters. The Morgan fingerprint density at radius 2 is 1.87 bits per heavy atom. The van der Waals surface area contributed by atoms with Crippen LogP contribution in [0.4, 0.5) is 5.69 Å². The van der Waals surface area contributed by atoms with Gasteiger partial charge in [0.25, 0.3) is 5.91 Å². The van der Waals surface area contributed by atoms with Gasteiger partial charge in [0, 0.05) is 11.1 Å². The number of rotatable bonds is 8. The highest BCUT2D eigenvalue weighted by Crippen LogP contribution is 2.17. The fourth-order valence-electron chi connectivity index (χ4n) is 2.53. The summed E-state index contributed by atoms with van der Waals surface area (Å²) in [6.45, 7) is 1.59. The predicted octanol–water partition coefficient (Wildman–Crippen LogP) is 3.74. The molecule has 0 saturated carbocycles. The maximum atomic E-state index is 12.4. The number of hydrogen-bond acceptors (Lipinski definition) is 7. The van der Waals surface area contributed by atoms with Crippen LogP contribution >= 0.6 is 11.3 Å². The van der Waals surface area contributed by atoms with E-state index in [1.165, 1.54) is 16.2 Å². The Balaban J connectivity index is 1.54. The molecular weight excluding hydrogens is 402 g/mol. The number of carbonyl (C=O) groups excluding carboxylic acids is 2. The summed E-state index contributed by atoms with van der Waals surface area (Å²) in [6, 6.07) is 18.3. The number of aryl methyl sites for hydroxylation is 1. The molecule has 152 valence electrons. The lowest BCUT2D eigenvalue weighted by Crippen LogP contribution is -2.35. The van der Waals surface area contributed by atoms with Crippen LogP contribution < -0.4 is 9.64 Å². The maximum Gasteiger partial charge on any atom is 0.358 e. The number of benzene rings is 2. The van der Waals surface area contributed by atoms with Crippen molar-refractivity contribution < 1.29 is 19.1 Å². The average molecular weight is 421 g/mol. The van der Waals surface area contributed by atoms with Crippen molar-refractivity contribution in [2.75, 3.05) is 18.1 Å². The highest BCUT2D eigenvalue weighted by molar-refractivity contribution is 7.09. The minimum absolute atomic E-state index is 0.113. The first-order valence-electron chi connectivity index (χ1n) is 9.10. The Hall–Kier alpha value is -3.70. The SMILES string of the molecule is Cc1ccc(OCc2nc(C(=O)OCC(=O)N(CC#N)c3ccccc3)cs2)cc1. The Bertz CT molecular complexity index is 1040. The monoisotopic (exact) mass is 421 g/mol. The molecule has 0 aliphatic carbocycles. The number of para-hydroxylation sites is 1. The molecule has 1 amide bonds. The summed E-state index contributed by atoms with van der Waals surface area (Å²) in [5.41, 5.74) is 1.81.